The van der Waals surface area contributed by atoms with Crippen molar-refractivity contribution in [3.63, 3.8) is 0 Å². The summed E-state index contributed by atoms with van der Waals surface area (Å²) in [5.74, 6) is 1.41. The molecule has 0 fully saturated rings. The SMILES string of the molecule is CCOc1ccc(Oc2ncc(C#N)s2)c(Br)c1. The van der Waals surface area contributed by atoms with Gasteiger partial charge in [0.2, 0.25) is 0 Å². The Kier molecular flexibility index (Phi) is 4.18. The van der Waals surface area contributed by atoms with Crippen LogP contribution >= 0.6 is 27.3 Å². The zero-order chi connectivity index (χ0) is 13.0. The highest BCUT2D eigenvalue weighted by Crippen LogP contribution is 2.34. The quantitative estimate of drug-likeness (QED) is 0.853. The summed E-state index contributed by atoms with van der Waals surface area (Å²) in [7, 11) is 0. The molecule has 0 radical (unpaired) electrons. The van der Waals surface area contributed by atoms with Crippen LogP contribution in [0.25, 0.3) is 0 Å². The zero-order valence-corrected chi connectivity index (χ0v) is 11.9. The predicted molar refractivity (Wildman–Crippen MR) is 72.2 cm³/mol. The number of nitriles is 1. The largest absolute Gasteiger partial charge is 0.494 e. The minimum Gasteiger partial charge on any atom is -0.494 e. The van der Waals surface area contributed by atoms with Gasteiger partial charge in [-0.05, 0) is 41.1 Å². The van der Waals surface area contributed by atoms with Crippen LogP contribution in [-0.4, -0.2) is 11.6 Å². The lowest BCUT2D eigenvalue weighted by atomic mass is 10.3. The molecule has 1 heterocycles. The van der Waals surface area contributed by atoms with Gasteiger partial charge in [-0.15, -0.1) is 0 Å². The molecule has 0 spiro atoms. The summed E-state index contributed by atoms with van der Waals surface area (Å²) >= 11 is 4.61. The Hall–Kier alpha value is -1.58. The van der Waals surface area contributed by atoms with Gasteiger partial charge in [-0.25, -0.2) is 4.98 Å². The Morgan fingerprint density at radius 3 is 2.94 bits per heavy atom. The fourth-order valence-corrected chi connectivity index (χ4v) is 2.29. The van der Waals surface area contributed by atoms with Crippen molar-refractivity contribution in [1.29, 1.82) is 5.26 Å². The molecule has 1 aromatic heterocycles. The van der Waals surface area contributed by atoms with Crippen molar-refractivity contribution in [3.05, 3.63) is 33.7 Å². The molecule has 6 heteroatoms. The fourth-order valence-electron chi connectivity index (χ4n) is 1.27. The highest BCUT2D eigenvalue weighted by Gasteiger charge is 2.08. The predicted octanol–water partition coefficient (Wildman–Crippen LogP) is 3.97. The Bertz CT molecular complexity index is 592. The van der Waals surface area contributed by atoms with Crippen LogP contribution in [0.4, 0.5) is 0 Å². The molecule has 0 aliphatic rings. The molecule has 0 atom stereocenters. The molecular weight excluding hydrogens is 316 g/mol. The van der Waals surface area contributed by atoms with Crippen molar-refractivity contribution in [3.8, 4) is 22.8 Å². The van der Waals surface area contributed by atoms with Crippen LogP contribution < -0.4 is 9.47 Å². The van der Waals surface area contributed by atoms with E-state index in [-0.39, 0.29) is 0 Å². The van der Waals surface area contributed by atoms with E-state index in [4.69, 9.17) is 14.7 Å². The molecule has 4 nitrogen and oxygen atoms in total. The van der Waals surface area contributed by atoms with E-state index in [1.807, 2.05) is 25.1 Å². The lowest BCUT2D eigenvalue weighted by Crippen LogP contribution is -1.92. The third-order valence-electron chi connectivity index (χ3n) is 2.01. The molecule has 2 rings (SSSR count). The molecule has 0 amide bonds. The number of nitrogens with zero attached hydrogens (tertiary/aromatic N) is 2. The van der Waals surface area contributed by atoms with E-state index in [0.717, 1.165) is 10.2 Å². The van der Waals surface area contributed by atoms with Gasteiger partial charge in [0, 0.05) is 0 Å². The lowest BCUT2D eigenvalue weighted by molar-refractivity contribution is 0.339. The van der Waals surface area contributed by atoms with E-state index in [9.17, 15) is 0 Å². The topological polar surface area (TPSA) is 55.1 Å². The molecule has 0 saturated heterocycles. The number of hydrogen-bond acceptors (Lipinski definition) is 5. The first-order chi connectivity index (χ1) is 8.72. The molecule has 0 aliphatic heterocycles. The molecule has 0 unspecified atom stereocenters. The van der Waals surface area contributed by atoms with Gasteiger partial charge >= 0.3 is 0 Å². The maximum absolute atomic E-state index is 8.71. The Morgan fingerprint density at radius 2 is 2.33 bits per heavy atom. The van der Waals surface area contributed by atoms with Crippen LogP contribution in [0, 0.1) is 11.3 Å². The Morgan fingerprint density at radius 1 is 1.50 bits per heavy atom. The highest BCUT2D eigenvalue weighted by atomic mass is 79.9. The fraction of sp³-hybridized carbons (Fsp3) is 0.167. The minimum atomic E-state index is 0.441. The zero-order valence-electron chi connectivity index (χ0n) is 9.51. The van der Waals surface area contributed by atoms with E-state index in [1.165, 1.54) is 17.5 Å². The van der Waals surface area contributed by atoms with Gasteiger partial charge in [-0.2, -0.15) is 5.26 Å². The van der Waals surface area contributed by atoms with Gasteiger partial charge in [-0.1, -0.05) is 11.3 Å². The number of ether oxygens (including phenoxy) is 2. The Labute approximate surface area is 117 Å². The molecule has 0 bridgehead atoms. The lowest BCUT2D eigenvalue weighted by Gasteiger charge is -2.07. The van der Waals surface area contributed by atoms with Crippen molar-refractivity contribution in [2.75, 3.05) is 6.61 Å². The van der Waals surface area contributed by atoms with Crippen molar-refractivity contribution in [2.45, 2.75) is 6.92 Å². The van der Waals surface area contributed by atoms with Crippen molar-refractivity contribution < 1.29 is 9.47 Å². The molecule has 92 valence electrons. The summed E-state index contributed by atoms with van der Waals surface area (Å²) in [5.41, 5.74) is 0. The van der Waals surface area contributed by atoms with E-state index >= 15 is 0 Å². The average molecular weight is 325 g/mol. The molecule has 18 heavy (non-hydrogen) atoms. The summed E-state index contributed by atoms with van der Waals surface area (Å²) in [6.07, 6.45) is 1.49. The summed E-state index contributed by atoms with van der Waals surface area (Å²) in [4.78, 5) is 4.52. The standard InChI is InChI=1S/C12H9BrN2O2S/c1-2-16-8-3-4-11(10(13)5-8)17-12-15-7-9(6-14)18-12/h3-5,7H,2H2,1H3. The summed E-state index contributed by atoms with van der Waals surface area (Å²) in [6.45, 7) is 2.54. The summed E-state index contributed by atoms with van der Waals surface area (Å²) in [6, 6.07) is 7.46. The third-order valence-corrected chi connectivity index (χ3v) is 3.41. The molecule has 2 aromatic rings. The molecule has 0 N–H and O–H groups in total. The number of benzene rings is 1. The van der Waals surface area contributed by atoms with Crippen molar-refractivity contribution in [1.82, 2.24) is 4.98 Å². The van der Waals surface area contributed by atoms with E-state index < -0.39 is 0 Å². The molecule has 0 aliphatic carbocycles. The number of aromatic nitrogens is 1. The third kappa shape index (κ3) is 3.00. The van der Waals surface area contributed by atoms with Gasteiger partial charge in [0.15, 0.2) is 0 Å². The first-order valence-corrected chi connectivity index (χ1v) is 6.80. The van der Waals surface area contributed by atoms with E-state index in [1.54, 1.807) is 6.07 Å². The second-order valence-corrected chi connectivity index (χ2v) is 5.08. The number of rotatable bonds is 4. The van der Waals surface area contributed by atoms with Crippen molar-refractivity contribution in [2.24, 2.45) is 0 Å². The first-order valence-electron chi connectivity index (χ1n) is 5.19. The van der Waals surface area contributed by atoms with Crippen LogP contribution in [0.3, 0.4) is 0 Å². The van der Waals surface area contributed by atoms with Gasteiger partial charge in [-0.3, -0.25) is 0 Å². The van der Waals surface area contributed by atoms with Crippen LogP contribution in [0.2, 0.25) is 0 Å². The molecule has 1 aromatic carbocycles. The van der Waals surface area contributed by atoms with Crippen molar-refractivity contribution >= 4 is 27.3 Å². The van der Waals surface area contributed by atoms with Gasteiger partial charge in [0.05, 0.1) is 17.3 Å². The number of halogens is 1. The van der Waals surface area contributed by atoms with Crippen LogP contribution in [0.1, 0.15) is 11.8 Å². The second kappa shape index (κ2) is 5.85. The molecular formula is C12H9BrN2O2S. The minimum absolute atomic E-state index is 0.441. The van der Waals surface area contributed by atoms with Crippen LogP contribution in [0.5, 0.6) is 16.7 Å². The average Bonchev–Trinajstić information content (AvgIpc) is 2.81. The summed E-state index contributed by atoms with van der Waals surface area (Å²) < 4.78 is 11.7. The first kappa shape index (κ1) is 12.9. The summed E-state index contributed by atoms with van der Waals surface area (Å²) in [5, 5.41) is 9.15. The maximum Gasteiger partial charge on any atom is 0.279 e. The number of hydrogen-bond donors (Lipinski definition) is 0. The maximum atomic E-state index is 8.71. The van der Waals surface area contributed by atoms with Gasteiger partial charge < -0.3 is 9.47 Å². The van der Waals surface area contributed by atoms with Gasteiger partial charge in [0.1, 0.15) is 22.4 Å². The second-order valence-electron chi connectivity index (χ2n) is 3.23. The monoisotopic (exact) mass is 324 g/mol. The van der Waals surface area contributed by atoms with Gasteiger partial charge in [0.25, 0.3) is 5.19 Å². The van der Waals surface area contributed by atoms with E-state index in [2.05, 4.69) is 20.9 Å². The van der Waals surface area contributed by atoms with Crippen LogP contribution in [0.15, 0.2) is 28.9 Å². The number of thiazole rings is 1. The molecule has 0 saturated carbocycles. The van der Waals surface area contributed by atoms with E-state index in [0.29, 0.717) is 22.4 Å². The Balaban J connectivity index is 2.16. The normalized spacial score (nSPS) is 9.83. The highest BCUT2D eigenvalue weighted by molar-refractivity contribution is 9.10. The van der Waals surface area contributed by atoms with Crippen LogP contribution in [-0.2, 0) is 0 Å². The smallest absolute Gasteiger partial charge is 0.279 e.